The largest absolute Gasteiger partial charge is 0.508 e. The van der Waals surface area contributed by atoms with Crippen molar-refractivity contribution in [3.8, 4) is 0 Å². The minimum Gasteiger partial charge on any atom is -0.508 e. The fourth-order valence-corrected chi connectivity index (χ4v) is 3.96. The molecule has 128 valence electrons. The highest BCUT2D eigenvalue weighted by molar-refractivity contribution is 5.38. The Balaban J connectivity index is 2.26. The summed E-state index contributed by atoms with van der Waals surface area (Å²) < 4.78 is 0. The summed E-state index contributed by atoms with van der Waals surface area (Å²) in [5.41, 5.74) is 4.47. The van der Waals surface area contributed by atoms with E-state index in [1.54, 1.807) is 0 Å². The van der Waals surface area contributed by atoms with E-state index < -0.39 is 6.10 Å². The first-order valence-electron chi connectivity index (χ1n) is 9.07. The Morgan fingerprint density at radius 2 is 2.09 bits per heavy atom. The number of allylic oxidation sites excluding steroid dienone is 4. The third kappa shape index (κ3) is 4.38. The summed E-state index contributed by atoms with van der Waals surface area (Å²) in [5, 5.41) is 21.3. The van der Waals surface area contributed by atoms with Gasteiger partial charge >= 0.3 is 0 Å². The Kier molecular flexibility index (Phi) is 6.29. The van der Waals surface area contributed by atoms with Gasteiger partial charge in [-0.1, -0.05) is 49.1 Å². The van der Waals surface area contributed by atoms with Gasteiger partial charge in [-0.15, -0.1) is 0 Å². The van der Waals surface area contributed by atoms with E-state index in [1.165, 1.54) is 24.0 Å². The van der Waals surface area contributed by atoms with Crippen molar-refractivity contribution in [3.05, 3.63) is 46.8 Å². The van der Waals surface area contributed by atoms with Crippen LogP contribution in [0.3, 0.4) is 0 Å². The minimum atomic E-state index is -0.564. The van der Waals surface area contributed by atoms with E-state index >= 15 is 0 Å². The van der Waals surface area contributed by atoms with Crippen LogP contribution in [0, 0.1) is 11.8 Å². The average molecular weight is 316 g/mol. The molecule has 0 aromatic carbocycles. The normalized spacial score (nSPS) is 28.4. The minimum absolute atomic E-state index is 0.0877. The first-order valence-corrected chi connectivity index (χ1v) is 9.07. The van der Waals surface area contributed by atoms with Crippen molar-refractivity contribution in [2.24, 2.45) is 11.8 Å². The number of rotatable bonds is 6. The summed E-state index contributed by atoms with van der Waals surface area (Å²) in [4.78, 5) is 0. The van der Waals surface area contributed by atoms with Crippen molar-refractivity contribution in [1.29, 1.82) is 0 Å². The van der Waals surface area contributed by atoms with Crippen molar-refractivity contribution in [2.75, 3.05) is 0 Å². The van der Waals surface area contributed by atoms with Crippen LogP contribution in [0.15, 0.2) is 46.8 Å². The molecule has 23 heavy (non-hydrogen) atoms. The maximum Gasteiger partial charge on any atom is 0.117 e. The molecule has 0 saturated carbocycles. The Labute approximate surface area is 141 Å². The predicted octanol–water partition coefficient (Wildman–Crippen LogP) is 5.62. The summed E-state index contributed by atoms with van der Waals surface area (Å²) >= 11 is 0. The fourth-order valence-electron chi connectivity index (χ4n) is 3.96. The number of aliphatic hydroxyl groups excluding tert-OH is 2. The second-order valence-electron chi connectivity index (χ2n) is 7.35. The summed E-state index contributed by atoms with van der Waals surface area (Å²) in [6.07, 6.45) is 10.9. The maximum absolute atomic E-state index is 10.7. The summed E-state index contributed by atoms with van der Waals surface area (Å²) in [6, 6.07) is 0. The van der Waals surface area contributed by atoms with E-state index in [0.717, 1.165) is 36.8 Å². The molecule has 0 radical (unpaired) electrons. The van der Waals surface area contributed by atoms with Gasteiger partial charge in [-0.25, -0.2) is 0 Å². The highest BCUT2D eigenvalue weighted by Gasteiger charge is 2.34. The zero-order valence-electron chi connectivity index (χ0n) is 14.9. The number of unbranched alkanes of at least 4 members (excludes halogenated alkanes) is 2. The molecule has 0 saturated heterocycles. The zero-order valence-corrected chi connectivity index (χ0v) is 14.9. The second kappa shape index (κ2) is 8.01. The highest BCUT2D eigenvalue weighted by Crippen LogP contribution is 2.42. The van der Waals surface area contributed by atoms with Crippen LogP contribution in [0.25, 0.3) is 0 Å². The van der Waals surface area contributed by atoms with Gasteiger partial charge in [0.25, 0.3) is 0 Å². The lowest BCUT2D eigenvalue weighted by atomic mass is 9.71. The van der Waals surface area contributed by atoms with E-state index in [0.29, 0.717) is 12.3 Å². The van der Waals surface area contributed by atoms with E-state index in [9.17, 15) is 10.2 Å². The summed E-state index contributed by atoms with van der Waals surface area (Å²) in [6.45, 7) is 10.5. The van der Waals surface area contributed by atoms with E-state index in [2.05, 4.69) is 33.4 Å². The van der Waals surface area contributed by atoms with E-state index in [4.69, 9.17) is 0 Å². The van der Waals surface area contributed by atoms with Crippen LogP contribution in [0.4, 0.5) is 0 Å². The van der Waals surface area contributed by atoms with E-state index in [1.807, 2.05) is 6.08 Å². The third-order valence-corrected chi connectivity index (χ3v) is 5.29. The van der Waals surface area contributed by atoms with Gasteiger partial charge in [-0.3, -0.25) is 0 Å². The molecule has 0 spiro atoms. The molecule has 2 aliphatic rings. The van der Waals surface area contributed by atoms with Gasteiger partial charge in [-0.05, 0) is 57.9 Å². The maximum atomic E-state index is 10.7. The molecule has 2 nitrogen and oxygen atoms in total. The molecule has 2 rings (SSSR count). The summed E-state index contributed by atoms with van der Waals surface area (Å²) in [5.74, 6) is 0.697. The highest BCUT2D eigenvalue weighted by atomic mass is 16.3. The molecule has 0 bridgehead atoms. The molecule has 3 atom stereocenters. The van der Waals surface area contributed by atoms with Crippen LogP contribution in [0.2, 0.25) is 0 Å². The van der Waals surface area contributed by atoms with Crippen LogP contribution in [-0.4, -0.2) is 16.3 Å². The van der Waals surface area contributed by atoms with Crippen molar-refractivity contribution in [1.82, 2.24) is 0 Å². The van der Waals surface area contributed by atoms with Crippen LogP contribution in [0.5, 0.6) is 0 Å². The smallest absolute Gasteiger partial charge is 0.117 e. The Morgan fingerprint density at radius 1 is 1.35 bits per heavy atom. The number of aliphatic hydroxyl groups is 2. The fraction of sp³-hybridized carbons (Fsp3) is 0.619. The standard InChI is InChI=1S/C21H32O2/c1-5-6-7-8-16-12-19(22)21(20(23)13-16)18-11-15(4)9-10-17(18)14(2)3/h11-12,17-18,20,22-23H,2,5-10,13H2,1,3-4H3/t17-,18+,20?/m0/s1. The van der Waals surface area contributed by atoms with Gasteiger partial charge in [0.15, 0.2) is 0 Å². The molecule has 0 aliphatic heterocycles. The molecule has 2 heteroatoms. The SMILES string of the molecule is C=C(C)[C@@H]1CCC(C)=C[C@H]1C1=C(O)C=C(CCCCC)CC1O. The van der Waals surface area contributed by atoms with Crippen LogP contribution in [0.1, 0.15) is 65.7 Å². The van der Waals surface area contributed by atoms with Gasteiger partial charge < -0.3 is 10.2 Å². The molecule has 0 aromatic rings. The van der Waals surface area contributed by atoms with Gasteiger partial charge in [0.2, 0.25) is 0 Å². The monoisotopic (exact) mass is 316 g/mol. The summed E-state index contributed by atoms with van der Waals surface area (Å²) in [7, 11) is 0. The quantitative estimate of drug-likeness (QED) is 0.493. The van der Waals surface area contributed by atoms with Gasteiger partial charge in [0.1, 0.15) is 5.76 Å². The number of hydrogen-bond acceptors (Lipinski definition) is 2. The van der Waals surface area contributed by atoms with Gasteiger partial charge in [0, 0.05) is 11.5 Å². The predicted molar refractivity (Wildman–Crippen MR) is 97.3 cm³/mol. The molecule has 2 aliphatic carbocycles. The first kappa shape index (κ1) is 18.1. The lowest BCUT2D eigenvalue weighted by molar-refractivity contribution is 0.179. The Hall–Kier alpha value is -1.28. The van der Waals surface area contributed by atoms with Crippen LogP contribution >= 0.6 is 0 Å². The molecule has 2 N–H and O–H groups in total. The molecule has 0 aromatic heterocycles. The number of hydrogen-bond donors (Lipinski definition) is 2. The van der Waals surface area contributed by atoms with Gasteiger partial charge in [-0.2, -0.15) is 0 Å². The molecule has 1 unspecified atom stereocenters. The van der Waals surface area contributed by atoms with Crippen LogP contribution < -0.4 is 0 Å². The molecule has 0 heterocycles. The third-order valence-electron chi connectivity index (χ3n) is 5.29. The Bertz CT molecular complexity index is 536. The molecule has 0 fully saturated rings. The molecular weight excluding hydrogens is 284 g/mol. The lowest BCUT2D eigenvalue weighted by Crippen LogP contribution is -2.29. The van der Waals surface area contributed by atoms with Crippen LogP contribution in [-0.2, 0) is 0 Å². The van der Waals surface area contributed by atoms with Crippen molar-refractivity contribution in [3.63, 3.8) is 0 Å². The second-order valence-corrected chi connectivity index (χ2v) is 7.35. The average Bonchev–Trinajstić information content (AvgIpc) is 2.46. The van der Waals surface area contributed by atoms with Crippen molar-refractivity contribution >= 4 is 0 Å². The topological polar surface area (TPSA) is 40.5 Å². The molecular formula is C21H32O2. The van der Waals surface area contributed by atoms with Crippen molar-refractivity contribution in [2.45, 2.75) is 71.8 Å². The van der Waals surface area contributed by atoms with Gasteiger partial charge in [0.05, 0.1) is 6.10 Å². The Morgan fingerprint density at radius 3 is 2.70 bits per heavy atom. The van der Waals surface area contributed by atoms with E-state index in [-0.39, 0.29) is 11.7 Å². The lowest BCUT2D eigenvalue weighted by Gasteiger charge is -2.35. The first-order chi connectivity index (χ1) is 10.9. The zero-order chi connectivity index (χ0) is 17.0. The van der Waals surface area contributed by atoms with Crippen molar-refractivity contribution < 1.29 is 10.2 Å². The molecule has 0 amide bonds.